The molecule has 0 heterocycles. The Bertz CT molecular complexity index is 458. The summed E-state index contributed by atoms with van der Waals surface area (Å²) < 4.78 is 4.49. The molecular formula is C48H99BCa3O3. The molecule has 0 aromatic carbocycles. The van der Waals surface area contributed by atoms with Crippen molar-refractivity contribution in [2.75, 3.05) is 0 Å². The summed E-state index contributed by atoms with van der Waals surface area (Å²) in [5, 5.41) is 25.2. The summed E-state index contributed by atoms with van der Waals surface area (Å²) in [5.74, 6) is 0. The Morgan fingerprint density at radius 1 is 0.218 bits per heavy atom. The van der Waals surface area contributed by atoms with Gasteiger partial charge in [0.25, 0.3) is 0 Å². The molecule has 0 spiro atoms. The molecule has 0 fully saturated rings. The van der Waals surface area contributed by atoms with E-state index in [1.165, 1.54) is 385 Å². The van der Waals surface area contributed by atoms with E-state index in [9.17, 15) is 0 Å². The number of hydrogen-bond donors (Lipinski definition) is 0. The van der Waals surface area contributed by atoms with E-state index in [0.29, 0.717) is 0 Å². The van der Waals surface area contributed by atoms with Crippen LogP contribution in [-0.2, 0) is 0 Å². The van der Waals surface area contributed by atoms with Crippen LogP contribution >= 0.6 is 0 Å². The maximum absolute atomic E-state index is 8.42. The minimum Gasteiger partial charge on any atom is -0.907 e. The molecule has 0 radical (unpaired) electrons. The molecule has 0 rings (SSSR count). The zero-order valence-electron chi connectivity index (χ0n) is 38.7. The summed E-state index contributed by atoms with van der Waals surface area (Å²) in [5.41, 5.74) is 0. The van der Waals surface area contributed by atoms with Gasteiger partial charge in [0.05, 0.1) is 0 Å². The fourth-order valence-corrected chi connectivity index (χ4v) is 8.77. The number of rotatable bonds is 42. The molecule has 7 heteroatoms. The van der Waals surface area contributed by atoms with Crippen molar-refractivity contribution in [1.29, 1.82) is 0 Å². The van der Waals surface area contributed by atoms with Gasteiger partial charge in [-0.15, -0.1) is 0 Å². The first kappa shape index (κ1) is 65.3. The van der Waals surface area contributed by atoms with Crippen LogP contribution in [0.2, 0.25) is 7.55 Å². The first-order valence-electron chi connectivity index (χ1n) is 25.3. The van der Waals surface area contributed by atoms with Gasteiger partial charge in [0, 0.05) is 0 Å². The van der Waals surface area contributed by atoms with Gasteiger partial charge >= 0.3 is 327 Å². The zero-order chi connectivity index (χ0) is 41.4. The van der Waals surface area contributed by atoms with Crippen LogP contribution in [0.4, 0.5) is 0 Å². The van der Waals surface area contributed by atoms with E-state index in [1.807, 2.05) is 0 Å². The summed E-state index contributed by atoms with van der Waals surface area (Å²) in [7, 11) is -2.92. The predicted octanol–water partition coefficient (Wildman–Crippen LogP) is 14.2. The standard InChI is InChI=1S/3C16H33.BO3.3Ca/c3*1-3-5-7-9-11-13-15-16-14-12-10-8-6-4-2;2-1(3)4;;;/h3*1,3-16H2,2H3;;;;/q;;;-3;3*+1. The van der Waals surface area contributed by atoms with Crippen molar-refractivity contribution in [2.24, 2.45) is 0 Å². The molecule has 0 amide bonds. The maximum atomic E-state index is 8.42. The molecule has 0 saturated heterocycles. The Morgan fingerprint density at radius 3 is 0.400 bits per heavy atom. The van der Waals surface area contributed by atoms with Gasteiger partial charge in [-0.05, 0) is 0 Å². The summed E-state index contributed by atoms with van der Waals surface area (Å²) in [6.45, 7) is 6.88. The van der Waals surface area contributed by atoms with Crippen LogP contribution < -0.4 is 15.1 Å². The first-order chi connectivity index (χ1) is 27.0. The van der Waals surface area contributed by atoms with Crippen molar-refractivity contribution in [1.82, 2.24) is 0 Å². The van der Waals surface area contributed by atoms with Crippen LogP contribution in [0.25, 0.3) is 0 Å². The zero-order valence-corrected chi connectivity index (χ0v) is 45.4. The van der Waals surface area contributed by atoms with E-state index in [-0.39, 0.29) is 0 Å². The van der Waals surface area contributed by atoms with Crippen molar-refractivity contribution in [3.63, 3.8) is 0 Å². The largest absolute Gasteiger partial charge is 0.907 e. The molecule has 0 aromatic rings. The van der Waals surface area contributed by atoms with E-state index in [0.717, 1.165) is 0 Å². The van der Waals surface area contributed by atoms with E-state index >= 15 is 0 Å². The fourth-order valence-electron chi connectivity index (χ4n) is 7.11. The monoisotopic (exact) mass is 855 g/mol. The molecule has 0 N–H and O–H groups in total. The molecule has 3 nitrogen and oxygen atoms in total. The topological polar surface area (TPSA) is 69.2 Å². The Hall–Kier alpha value is 3.72. The van der Waals surface area contributed by atoms with Crippen LogP contribution in [0.15, 0.2) is 0 Å². The molecule has 0 aromatic heterocycles. The summed E-state index contributed by atoms with van der Waals surface area (Å²) >= 11 is 4.49. The Kier molecular flexibility index (Phi) is 82.5. The molecule has 0 saturated carbocycles. The molecular weight excluding hydrogens is 756 g/mol. The third-order valence-electron chi connectivity index (χ3n) is 10.8. The second kappa shape index (κ2) is 69.4. The van der Waals surface area contributed by atoms with Crippen molar-refractivity contribution in [2.45, 2.75) is 298 Å². The number of unbranched alkanes of at least 4 members (excludes halogenated alkanes) is 39. The first-order valence-corrected chi connectivity index (χ1v) is 30.0. The molecule has 0 aliphatic carbocycles. The van der Waals surface area contributed by atoms with Gasteiger partial charge in [0.15, 0.2) is 0 Å². The van der Waals surface area contributed by atoms with Crippen LogP contribution in [-0.4, -0.2) is 115 Å². The van der Waals surface area contributed by atoms with Crippen LogP contribution in [0, 0.1) is 0 Å². The minimum absolute atomic E-state index is 1.38. The second-order valence-electron chi connectivity index (χ2n) is 16.6. The summed E-state index contributed by atoms with van der Waals surface area (Å²) in [6, 6.07) is 0. The van der Waals surface area contributed by atoms with Crippen LogP contribution in [0.5, 0.6) is 0 Å². The van der Waals surface area contributed by atoms with Crippen molar-refractivity contribution >= 4 is 115 Å². The van der Waals surface area contributed by atoms with Crippen molar-refractivity contribution in [3.8, 4) is 0 Å². The van der Waals surface area contributed by atoms with Crippen molar-refractivity contribution in [3.05, 3.63) is 0 Å². The minimum atomic E-state index is -2.92. The predicted molar refractivity (Wildman–Crippen MR) is 248 cm³/mol. The van der Waals surface area contributed by atoms with Crippen molar-refractivity contribution < 1.29 is 15.1 Å². The van der Waals surface area contributed by atoms with Crippen LogP contribution in [0.3, 0.4) is 0 Å². The van der Waals surface area contributed by atoms with Gasteiger partial charge in [-0.25, -0.2) is 0 Å². The molecule has 0 bridgehead atoms. The summed E-state index contributed by atoms with van der Waals surface area (Å²) in [6.07, 6.45) is 62.1. The van der Waals surface area contributed by atoms with Gasteiger partial charge < -0.3 is 15.1 Å². The molecule has 0 aliphatic rings. The maximum Gasteiger partial charge on any atom is -0.278 e. The SMILES string of the molecule is CCCCCCCCCCCCCCC[CH2][Ca+].CCCCCCCCCCCCCCC[CH2][Ca+].CCCCCCCCCCCCCCC[CH2][Ca+].[O-]B([O-])[O-]. The van der Waals surface area contributed by atoms with E-state index < -0.39 is 7.32 Å². The van der Waals surface area contributed by atoms with Gasteiger partial charge in [-0.2, -0.15) is 0 Å². The number of hydrogen-bond acceptors (Lipinski definition) is 3. The van der Waals surface area contributed by atoms with E-state index in [4.69, 9.17) is 15.1 Å². The molecule has 0 unspecified atom stereocenters. The average Bonchev–Trinajstić information content (AvgIpc) is 3.17. The fraction of sp³-hybridized carbons (Fsp3) is 1.00. The summed E-state index contributed by atoms with van der Waals surface area (Å²) in [4.78, 5) is 0. The quantitative estimate of drug-likeness (QED) is 0.0454. The average molecular weight is 855 g/mol. The molecule has 318 valence electrons. The smallest absolute Gasteiger partial charge is 0.278 e. The van der Waals surface area contributed by atoms with E-state index in [1.54, 1.807) is 0 Å². The normalized spacial score (nSPS) is 10.7. The molecule has 55 heavy (non-hydrogen) atoms. The molecule has 0 atom stereocenters. The van der Waals surface area contributed by atoms with Gasteiger partial charge in [-0.3, -0.25) is 7.32 Å². The van der Waals surface area contributed by atoms with Gasteiger partial charge in [0.2, 0.25) is 0 Å². The van der Waals surface area contributed by atoms with Gasteiger partial charge in [0.1, 0.15) is 0 Å². The van der Waals surface area contributed by atoms with Crippen LogP contribution in [0.1, 0.15) is 290 Å². The molecule has 0 aliphatic heterocycles. The third-order valence-corrected chi connectivity index (χ3v) is 13.2. The van der Waals surface area contributed by atoms with Gasteiger partial charge in [-0.1, -0.05) is 78.6 Å². The van der Waals surface area contributed by atoms with E-state index in [2.05, 4.69) is 20.8 Å². The Morgan fingerprint density at radius 2 is 0.309 bits per heavy atom. The second-order valence-corrected chi connectivity index (χ2v) is 20.0. The third kappa shape index (κ3) is 85.7. The Labute approximate surface area is 421 Å². The Balaban J connectivity index is -0.000000337.